The predicted molar refractivity (Wildman–Crippen MR) is 75.4 cm³/mol. The molecular formula is C13H21N3O2S. The van der Waals surface area contributed by atoms with Gasteiger partial charge in [-0.05, 0) is 32.0 Å². The Morgan fingerprint density at radius 1 is 1.47 bits per heavy atom. The third kappa shape index (κ3) is 3.75. The van der Waals surface area contributed by atoms with E-state index in [2.05, 4.69) is 10.3 Å². The maximum absolute atomic E-state index is 12.4. The summed E-state index contributed by atoms with van der Waals surface area (Å²) in [6, 6.07) is 5.69. The first-order chi connectivity index (χ1) is 9.13. The summed E-state index contributed by atoms with van der Waals surface area (Å²) < 4.78 is 26.4. The van der Waals surface area contributed by atoms with Crippen molar-refractivity contribution in [3.05, 3.63) is 30.1 Å². The Kier molecular flexibility index (Phi) is 4.90. The Labute approximate surface area is 115 Å². The minimum Gasteiger partial charge on any atom is -0.318 e. The van der Waals surface area contributed by atoms with E-state index in [1.54, 1.807) is 10.5 Å². The first-order valence-corrected chi connectivity index (χ1v) is 8.28. The van der Waals surface area contributed by atoms with Gasteiger partial charge in [0.25, 0.3) is 0 Å². The van der Waals surface area contributed by atoms with Gasteiger partial charge >= 0.3 is 0 Å². The standard InChI is InChI=1S/C13H21N3O2S/c1-14-11-13-6-4-9-16(13)19(17,18)10-7-12-5-2-3-8-15-12/h2-3,5,8,13-14H,4,6-7,9-11H2,1H3. The van der Waals surface area contributed by atoms with Crippen LogP contribution in [-0.2, 0) is 16.4 Å². The third-order valence-corrected chi connectivity index (χ3v) is 5.38. The molecule has 1 aliphatic rings. The quantitative estimate of drug-likeness (QED) is 0.832. The molecule has 1 aromatic heterocycles. The normalized spacial score (nSPS) is 20.8. The maximum atomic E-state index is 12.4. The zero-order valence-corrected chi connectivity index (χ0v) is 12.1. The number of rotatable bonds is 6. The van der Waals surface area contributed by atoms with Crippen LogP contribution in [0.1, 0.15) is 18.5 Å². The lowest BCUT2D eigenvalue weighted by atomic mass is 10.2. The fraction of sp³-hybridized carbons (Fsp3) is 0.615. The molecule has 0 aromatic carbocycles. The lowest BCUT2D eigenvalue weighted by Crippen LogP contribution is -2.42. The number of aromatic nitrogens is 1. The molecule has 1 unspecified atom stereocenters. The van der Waals surface area contributed by atoms with E-state index in [4.69, 9.17) is 0 Å². The average Bonchev–Trinajstić information content (AvgIpc) is 2.87. The van der Waals surface area contributed by atoms with Crippen LogP contribution in [0.3, 0.4) is 0 Å². The van der Waals surface area contributed by atoms with Gasteiger partial charge in [-0.1, -0.05) is 6.07 Å². The second-order valence-corrected chi connectivity index (χ2v) is 6.89. The Morgan fingerprint density at radius 3 is 3.00 bits per heavy atom. The van der Waals surface area contributed by atoms with Crippen LogP contribution in [0.5, 0.6) is 0 Å². The highest BCUT2D eigenvalue weighted by Crippen LogP contribution is 2.21. The molecule has 106 valence electrons. The molecule has 0 spiro atoms. The molecule has 1 atom stereocenters. The van der Waals surface area contributed by atoms with Gasteiger partial charge in [0.1, 0.15) is 0 Å². The number of pyridine rings is 1. The monoisotopic (exact) mass is 283 g/mol. The fourth-order valence-electron chi connectivity index (χ4n) is 2.51. The minimum atomic E-state index is -3.18. The Hall–Kier alpha value is -0.980. The molecule has 0 saturated carbocycles. The van der Waals surface area contributed by atoms with E-state index in [0.717, 1.165) is 25.1 Å². The van der Waals surface area contributed by atoms with Crippen molar-refractivity contribution < 1.29 is 8.42 Å². The second-order valence-electron chi connectivity index (χ2n) is 4.85. The zero-order valence-electron chi connectivity index (χ0n) is 11.2. The smallest absolute Gasteiger partial charge is 0.214 e. The molecule has 1 N–H and O–H groups in total. The van der Waals surface area contributed by atoms with E-state index >= 15 is 0 Å². The molecule has 1 aliphatic heterocycles. The number of likely N-dealkylation sites (N-methyl/N-ethyl adjacent to an activating group) is 1. The summed E-state index contributed by atoms with van der Waals surface area (Å²) in [6.07, 6.45) is 4.08. The van der Waals surface area contributed by atoms with Gasteiger partial charge in [0.2, 0.25) is 10.0 Å². The van der Waals surface area contributed by atoms with Crippen LogP contribution in [0.4, 0.5) is 0 Å². The number of hydrogen-bond donors (Lipinski definition) is 1. The highest BCUT2D eigenvalue weighted by molar-refractivity contribution is 7.89. The molecular weight excluding hydrogens is 262 g/mol. The third-order valence-electron chi connectivity index (χ3n) is 3.46. The molecule has 0 radical (unpaired) electrons. The van der Waals surface area contributed by atoms with Gasteiger partial charge in [0.05, 0.1) is 5.75 Å². The number of nitrogens with zero attached hydrogens (tertiary/aromatic N) is 2. The number of sulfonamides is 1. The fourth-order valence-corrected chi connectivity index (χ4v) is 4.25. The van der Waals surface area contributed by atoms with Crippen LogP contribution in [0, 0.1) is 0 Å². The second kappa shape index (κ2) is 6.45. The van der Waals surface area contributed by atoms with Gasteiger partial charge in [-0.25, -0.2) is 8.42 Å². The largest absolute Gasteiger partial charge is 0.318 e. The van der Waals surface area contributed by atoms with Crippen molar-refractivity contribution in [3.8, 4) is 0 Å². The van der Waals surface area contributed by atoms with E-state index in [9.17, 15) is 8.42 Å². The van der Waals surface area contributed by atoms with Gasteiger partial charge in [-0.15, -0.1) is 0 Å². The molecule has 0 amide bonds. The van der Waals surface area contributed by atoms with Gasteiger partial charge in [-0.2, -0.15) is 4.31 Å². The van der Waals surface area contributed by atoms with Crippen LogP contribution in [-0.4, -0.2) is 49.6 Å². The molecule has 6 heteroatoms. The summed E-state index contributed by atoms with van der Waals surface area (Å²) in [5.41, 5.74) is 0.829. The Bertz CT molecular complexity index is 490. The van der Waals surface area contributed by atoms with Crippen LogP contribution < -0.4 is 5.32 Å². The van der Waals surface area contributed by atoms with E-state index < -0.39 is 10.0 Å². The van der Waals surface area contributed by atoms with Crippen molar-refractivity contribution in [1.29, 1.82) is 0 Å². The first-order valence-electron chi connectivity index (χ1n) is 6.67. The van der Waals surface area contributed by atoms with E-state index in [1.165, 1.54) is 0 Å². The number of nitrogens with one attached hydrogen (secondary N) is 1. The predicted octanol–water partition coefficient (Wildman–Crippen LogP) is 0.638. The molecule has 19 heavy (non-hydrogen) atoms. The van der Waals surface area contributed by atoms with Crippen molar-refractivity contribution >= 4 is 10.0 Å². The number of aryl methyl sites for hydroxylation is 1. The van der Waals surface area contributed by atoms with Crippen molar-refractivity contribution in [2.75, 3.05) is 25.9 Å². The molecule has 1 saturated heterocycles. The van der Waals surface area contributed by atoms with Gasteiger partial charge in [0, 0.05) is 37.4 Å². The summed E-state index contributed by atoms with van der Waals surface area (Å²) in [5, 5.41) is 3.07. The molecule has 1 fully saturated rings. The molecule has 0 aliphatic carbocycles. The Balaban J connectivity index is 1.98. The maximum Gasteiger partial charge on any atom is 0.214 e. The van der Waals surface area contributed by atoms with Crippen LogP contribution in [0.25, 0.3) is 0 Å². The summed E-state index contributed by atoms with van der Waals surface area (Å²) in [4.78, 5) is 4.17. The highest BCUT2D eigenvalue weighted by atomic mass is 32.2. The summed E-state index contributed by atoms with van der Waals surface area (Å²) >= 11 is 0. The first kappa shape index (κ1) is 14.4. The number of hydrogen-bond acceptors (Lipinski definition) is 4. The lowest BCUT2D eigenvalue weighted by Gasteiger charge is -2.23. The molecule has 2 heterocycles. The van der Waals surface area contributed by atoms with Crippen LogP contribution in [0.2, 0.25) is 0 Å². The van der Waals surface area contributed by atoms with Crippen molar-refractivity contribution in [2.45, 2.75) is 25.3 Å². The van der Waals surface area contributed by atoms with Gasteiger partial charge < -0.3 is 5.32 Å². The summed E-state index contributed by atoms with van der Waals surface area (Å²) in [6.45, 7) is 1.37. The van der Waals surface area contributed by atoms with Crippen molar-refractivity contribution in [3.63, 3.8) is 0 Å². The molecule has 1 aromatic rings. The SMILES string of the molecule is CNCC1CCCN1S(=O)(=O)CCc1ccccn1. The molecule has 5 nitrogen and oxygen atoms in total. The van der Waals surface area contributed by atoms with Crippen molar-refractivity contribution in [2.24, 2.45) is 0 Å². The molecule has 2 rings (SSSR count). The Morgan fingerprint density at radius 2 is 2.32 bits per heavy atom. The molecule has 0 bridgehead atoms. The van der Waals surface area contributed by atoms with Gasteiger partial charge in [0.15, 0.2) is 0 Å². The van der Waals surface area contributed by atoms with Crippen LogP contribution >= 0.6 is 0 Å². The summed E-state index contributed by atoms with van der Waals surface area (Å²) in [5.74, 6) is 0.143. The van der Waals surface area contributed by atoms with E-state index in [1.807, 2.05) is 25.2 Å². The summed E-state index contributed by atoms with van der Waals surface area (Å²) in [7, 11) is -1.32. The average molecular weight is 283 g/mol. The highest BCUT2D eigenvalue weighted by Gasteiger charge is 2.33. The van der Waals surface area contributed by atoms with E-state index in [0.29, 0.717) is 13.0 Å². The van der Waals surface area contributed by atoms with Gasteiger partial charge in [-0.3, -0.25) is 4.98 Å². The minimum absolute atomic E-state index is 0.110. The van der Waals surface area contributed by atoms with Crippen LogP contribution in [0.15, 0.2) is 24.4 Å². The zero-order chi connectivity index (χ0) is 13.7. The lowest BCUT2D eigenvalue weighted by molar-refractivity contribution is 0.379. The topological polar surface area (TPSA) is 62.3 Å². The van der Waals surface area contributed by atoms with Crippen molar-refractivity contribution in [1.82, 2.24) is 14.6 Å². The van der Waals surface area contributed by atoms with E-state index in [-0.39, 0.29) is 11.8 Å².